The van der Waals surface area contributed by atoms with E-state index in [4.69, 9.17) is 14.7 Å². The molecule has 7 heteroatoms. The van der Waals surface area contributed by atoms with Gasteiger partial charge in [0.2, 0.25) is 5.91 Å². The van der Waals surface area contributed by atoms with Gasteiger partial charge in [-0.25, -0.2) is 9.97 Å². The van der Waals surface area contributed by atoms with Crippen molar-refractivity contribution >= 4 is 11.7 Å². The summed E-state index contributed by atoms with van der Waals surface area (Å²) in [5.41, 5.74) is 2.83. The summed E-state index contributed by atoms with van der Waals surface area (Å²) in [5.74, 6) is 2.85. The lowest BCUT2D eigenvalue weighted by Crippen LogP contribution is -2.50. The minimum atomic E-state index is -0.448. The van der Waals surface area contributed by atoms with Crippen molar-refractivity contribution in [2.24, 2.45) is 0 Å². The first-order valence-electron chi connectivity index (χ1n) is 12.4. The Morgan fingerprint density at radius 2 is 1.94 bits per heavy atom. The van der Waals surface area contributed by atoms with Gasteiger partial charge in [0.05, 0.1) is 30.8 Å². The molecule has 5 rings (SSSR count). The average Bonchev–Trinajstić information content (AvgIpc) is 3.43. The first kappa shape index (κ1) is 22.1. The van der Waals surface area contributed by atoms with Crippen LogP contribution in [0, 0.1) is 0 Å². The highest BCUT2D eigenvalue weighted by molar-refractivity contribution is 5.88. The van der Waals surface area contributed by atoms with E-state index in [9.17, 15) is 4.79 Å². The average molecular weight is 450 g/mol. The number of methoxy groups -OCH3 is 1. The fourth-order valence-corrected chi connectivity index (χ4v) is 5.88. The smallest absolute Gasteiger partial charge is 0.233 e. The molecule has 176 valence electrons. The molecule has 3 heterocycles. The highest BCUT2D eigenvalue weighted by Crippen LogP contribution is 2.42. The van der Waals surface area contributed by atoms with Crippen LogP contribution in [0.15, 0.2) is 24.3 Å². The van der Waals surface area contributed by atoms with E-state index >= 15 is 0 Å². The van der Waals surface area contributed by atoms with Crippen molar-refractivity contribution in [3.63, 3.8) is 0 Å². The number of fused-ring (bicyclic) bond motifs is 1. The minimum absolute atomic E-state index is 0.206. The van der Waals surface area contributed by atoms with E-state index < -0.39 is 5.41 Å². The van der Waals surface area contributed by atoms with Gasteiger partial charge in [-0.1, -0.05) is 31.4 Å². The maximum absolute atomic E-state index is 14.2. The van der Waals surface area contributed by atoms with E-state index in [1.54, 1.807) is 7.11 Å². The molecular weight excluding hydrogens is 414 g/mol. The van der Waals surface area contributed by atoms with Crippen LogP contribution >= 0.6 is 0 Å². The second-order valence-electron chi connectivity index (χ2n) is 9.60. The third-order valence-electron chi connectivity index (χ3n) is 7.74. The lowest BCUT2D eigenvalue weighted by atomic mass is 9.68. The first-order valence-corrected chi connectivity index (χ1v) is 12.4. The highest BCUT2D eigenvalue weighted by atomic mass is 16.5. The number of anilines is 1. The van der Waals surface area contributed by atoms with Crippen LogP contribution in [0.2, 0.25) is 0 Å². The number of amides is 1. The number of ether oxygens (including phenoxy) is 1. The lowest BCUT2D eigenvalue weighted by molar-refractivity contribution is -0.140. The molecule has 0 radical (unpaired) electrons. The van der Waals surface area contributed by atoms with Gasteiger partial charge in [0.25, 0.3) is 0 Å². The van der Waals surface area contributed by atoms with Gasteiger partial charge in [-0.2, -0.15) is 0 Å². The highest BCUT2D eigenvalue weighted by Gasteiger charge is 2.44. The number of nitrogens with zero attached hydrogens (tertiary/aromatic N) is 3. The molecule has 2 aromatic rings. The zero-order valence-electron chi connectivity index (χ0n) is 19.8. The SMILES string of the molecule is CNc1nc([C@@H]2CCCN2)nc2c1CCN(C(=O)C1(c3ccc(OC)cc3)CCCCC1)C2. The van der Waals surface area contributed by atoms with Gasteiger partial charge in [-0.3, -0.25) is 4.79 Å². The Hall–Kier alpha value is -2.67. The maximum atomic E-state index is 14.2. The van der Waals surface area contributed by atoms with Crippen LogP contribution in [0.4, 0.5) is 5.82 Å². The van der Waals surface area contributed by atoms with Crippen LogP contribution < -0.4 is 15.4 Å². The zero-order chi connectivity index (χ0) is 22.8. The van der Waals surface area contributed by atoms with Gasteiger partial charge < -0.3 is 20.3 Å². The molecule has 1 saturated heterocycles. The quantitative estimate of drug-likeness (QED) is 0.724. The monoisotopic (exact) mass is 449 g/mol. The van der Waals surface area contributed by atoms with Crippen LogP contribution in [0.25, 0.3) is 0 Å². The molecule has 2 aliphatic heterocycles. The van der Waals surface area contributed by atoms with Crippen LogP contribution in [0.3, 0.4) is 0 Å². The third-order valence-corrected chi connectivity index (χ3v) is 7.74. The van der Waals surface area contributed by atoms with Gasteiger partial charge in [0.15, 0.2) is 0 Å². The molecular formula is C26H35N5O2. The van der Waals surface area contributed by atoms with E-state index in [1.165, 1.54) is 6.42 Å². The first-order chi connectivity index (χ1) is 16.1. The molecule has 1 aromatic heterocycles. The van der Waals surface area contributed by atoms with Crippen LogP contribution in [0.5, 0.6) is 5.75 Å². The van der Waals surface area contributed by atoms with Gasteiger partial charge in [0, 0.05) is 19.2 Å². The number of aromatic nitrogens is 2. The van der Waals surface area contributed by atoms with Crippen molar-refractivity contribution in [1.82, 2.24) is 20.2 Å². The van der Waals surface area contributed by atoms with E-state index in [0.29, 0.717) is 13.1 Å². The summed E-state index contributed by atoms with van der Waals surface area (Å²) < 4.78 is 5.36. The minimum Gasteiger partial charge on any atom is -0.497 e. The topological polar surface area (TPSA) is 79.4 Å². The summed E-state index contributed by atoms with van der Waals surface area (Å²) in [6, 6.07) is 8.35. The van der Waals surface area contributed by atoms with Crippen molar-refractivity contribution in [1.29, 1.82) is 0 Å². The largest absolute Gasteiger partial charge is 0.497 e. The molecule has 1 aromatic carbocycles. The lowest BCUT2D eigenvalue weighted by Gasteiger charge is -2.41. The molecule has 0 spiro atoms. The van der Waals surface area contributed by atoms with Gasteiger partial charge in [-0.15, -0.1) is 0 Å². The van der Waals surface area contributed by atoms with Crippen LogP contribution in [0.1, 0.15) is 73.6 Å². The molecule has 0 unspecified atom stereocenters. The number of benzene rings is 1. The van der Waals surface area contributed by atoms with Crippen molar-refractivity contribution in [3.8, 4) is 5.75 Å². The van der Waals surface area contributed by atoms with Crippen molar-refractivity contribution < 1.29 is 9.53 Å². The number of hydrogen-bond acceptors (Lipinski definition) is 6. The normalized spacial score (nSPS) is 22.0. The third kappa shape index (κ3) is 4.07. The number of rotatable bonds is 5. The van der Waals surface area contributed by atoms with Gasteiger partial charge in [0.1, 0.15) is 17.4 Å². The summed E-state index contributed by atoms with van der Waals surface area (Å²) in [5, 5.41) is 6.79. The Kier molecular flexibility index (Phi) is 6.23. The Morgan fingerprint density at radius 1 is 1.15 bits per heavy atom. The fraction of sp³-hybridized carbons (Fsp3) is 0.577. The Labute approximate surface area is 196 Å². The Balaban J connectivity index is 1.45. The summed E-state index contributed by atoms with van der Waals surface area (Å²) in [7, 11) is 3.60. The second kappa shape index (κ2) is 9.29. The summed E-state index contributed by atoms with van der Waals surface area (Å²) >= 11 is 0. The van der Waals surface area contributed by atoms with Crippen molar-refractivity contribution in [2.45, 2.75) is 69.4 Å². The molecule has 1 saturated carbocycles. The molecule has 3 aliphatic rings. The van der Waals surface area contributed by atoms with E-state index in [2.05, 4.69) is 27.7 Å². The Morgan fingerprint density at radius 3 is 2.61 bits per heavy atom. The summed E-state index contributed by atoms with van der Waals surface area (Å²) in [4.78, 5) is 26.0. The standard InChI is InChI=1S/C26H35N5O2/c1-27-23-20-12-16-31(17-22(20)29-24(30-23)21-7-6-15-28-21)25(32)26(13-4-3-5-14-26)18-8-10-19(33-2)11-9-18/h8-11,21,28H,3-7,12-17H2,1-2H3,(H,27,29,30)/t21-/m0/s1. The van der Waals surface area contributed by atoms with Crippen LogP contribution in [-0.4, -0.2) is 48.0 Å². The molecule has 7 nitrogen and oxygen atoms in total. The number of hydrogen-bond donors (Lipinski definition) is 2. The zero-order valence-corrected chi connectivity index (χ0v) is 19.8. The number of carbonyl (C=O) groups excluding carboxylic acids is 1. The molecule has 1 aliphatic carbocycles. The van der Waals surface area contributed by atoms with Gasteiger partial charge >= 0.3 is 0 Å². The molecule has 1 amide bonds. The summed E-state index contributed by atoms with van der Waals surface area (Å²) in [6.07, 6.45) is 8.19. The fourth-order valence-electron chi connectivity index (χ4n) is 5.88. The number of nitrogens with one attached hydrogen (secondary N) is 2. The molecule has 0 bridgehead atoms. The molecule has 33 heavy (non-hydrogen) atoms. The van der Waals surface area contributed by atoms with E-state index in [1.807, 2.05) is 19.2 Å². The number of carbonyl (C=O) groups is 1. The molecule has 2 fully saturated rings. The van der Waals surface area contributed by atoms with Crippen molar-refractivity contribution in [3.05, 3.63) is 46.9 Å². The summed E-state index contributed by atoms with van der Waals surface area (Å²) in [6.45, 7) is 2.28. The van der Waals surface area contributed by atoms with E-state index in [-0.39, 0.29) is 11.9 Å². The second-order valence-corrected chi connectivity index (χ2v) is 9.60. The maximum Gasteiger partial charge on any atom is 0.233 e. The predicted molar refractivity (Wildman–Crippen MR) is 128 cm³/mol. The Bertz CT molecular complexity index is 994. The van der Waals surface area contributed by atoms with Crippen molar-refractivity contribution in [2.75, 3.05) is 32.6 Å². The predicted octanol–water partition coefficient (Wildman–Crippen LogP) is 3.74. The van der Waals surface area contributed by atoms with E-state index in [0.717, 1.165) is 85.7 Å². The van der Waals surface area contributed by atoms with Gasteiger partial charge in [-0.05, 0) is 56.3 Å². The molecule has 1 atom stereocenters. The van der Waals surface area contributed by atoms with Crippen LogP contribution in [-0.2, 0) is 23.2 Å². The molecule has 2 N–H and O–H groups in total.